The minimum Gasteiger partial charge on any atom is -0.393 e. The van der Waals surface area contributed by atoms with Crippen molar-refractivity contribution in [3.8, 4) is 0 Å². The quantitative estimate of drug-likeness (QED) is 0.525. The molecule has 1 aromatic carbocycles. The van der Waals surface area contributed by atoms with Crippen LogP contribution in [0.25, 0.3) is 0 Å². The van der Waals surface area contributed by atoms with Gasteiger partial charge >= 0.3 is 5.69 Å². The fraction of sp³-hybridized carbons (Fsp3) is 0.455. The van der Waals surface area contributed by atoms with Crippen LogP contribution < -0.4 is 5.32 Å². The normalized spacial score (nSPS) is 14.2. The van der Waals surface area contributed by atoms with Crippen molar-refractivity contribution in [3.63, 3.8) is 0 Å². The number of halogens is 2. The van der Waals surface area contributed by atoms with E-state index < -0.39 is 34.5 Å². The second kappa shape index (κ2) is 6.00. The predicted molar refractivity (Wildman–Crippen MR) is 62.4 cm³/mol. The number of nitrogens with zero attached hydrogens (tertiary/aromatic N) is 1. The van der Waals surface area contributed by atoms with Crippen LogP contribution in [0, 0.1) is 21.7 Å². The van der Waals surface area contributed by atoms with Crippen LogP contribution in [-0.2, 0) is 6.54 Å². The average Bonchev–Trinajstić information content (AvgIpc) is 2.31. The SMILES string of the molecule is CC(O)(CO)CNCc1cc([N+](=O)[O-])c(F)cc1F. The second-order valence-electron chi connectivity index (χ2n) is 4.41. The summed E-state index contributed by atoms with van der Waals surface area (Å²) in [6.45, 7) is 0.687. The Balaban J connectivity index is 2.79. The van der Waals surface area contributed by atoms with Crippen LogP contribution in [0.2, 0.25) is 0 Å². The zero-order valence-electron chi connectivity index (χ0n) is 10.2. The van der Waals surface area contributed by atoms with Crippen LogP contribution in [0.5, 0.6) is 0 Å². The van der Waals surface area contributed by atoms with E-state index in [1.54, 1.807) is 0 Å². The summed E-state index contributed by atoms with van der Waals surface area (Å²) in [6, 6.07) is 1.24. The standard InChI is InChI=1S/C11H14F2N2O4/c1-11(17,6-16)5-14-4-7-2-10(15(18)19)9(13)3-8(7)12/h2-3,14,16-17H,4-6H2,1H3. The molecule has 0 heterocycles. The minimum atomic E-state index is -1.39. The number of hydrogen-bond donors (Lipinski definition) is 3. The minimum absolute atomic E-state index is 0.0475. The molecular formula is C11H14F2N2O4. The Morgan fingerprint density at radius 1 is 1.42 bits per heavy atom. The van der Waals surface area contributed by atoms with Crippen LogP contribution in [0.1, 0.15) is 12.5 Å². The molecule has 8 heteroatoms. The lowest BCUT2D eigenvalue weighted by Gasteiger charge is -2.20. The molecule has 1 atom stereocenters. The lowest BCUT2D eigenvalue weighted by molar-refractivity contribution is -0.387. The Morgan fingerprint density at radius 2 is 2.05 bits per heavy atom. The van der Waals surface area contributed by atoms with Gasteiger partial charge < -0.3 is 15.5 Å². The van der Waals surface area contributed by atoms with Crippen molar-refractivity contribution in [3.05, 3.63) is 39.4 Å². The number of hydrogen-bond acceptors (Lipinski definition) is 5. The van der Waals surface area contributed by atoms with Crippen molar-refractivity contribution in [1.29, 1.82) is 0 Å². The molecule has 0 saturated heterocycles. The Morgan fingerprint density at radius 3 is 2.58 bits per heavy atom. The van der Waals surface area contributed by atoms with Crippen LogP contribution >= 0.6 is 0 Å². The zero-order valence-corrected chi connectivity index (χ0v) is 10.2. The molecule has 1 rings (SSSR count). The maximum absolute atomic E-state index is 13.4. The third-order valence-corrected chi connectivity index (χ3v) is 2.47. The van der Waals surface area contributed by atoms with Crippen molar-refractivity contribution in [2.75, 3.05) is 13.2 Å². The van der Waals surface area contributed by atoms with E-state index in [0.717, 1.165) is 6.07 Å². The molecule has 0 aliphatic heterocycles. The van der Waals surface area contributed by atoms with Crippen molar-refractivity contribution in [1.82, 2.24) is 5.32 Å². The molecule has 0 saturated carbocycles. The molecule has 0 bridgehead atoms. The summed E-state index contributed by atoms with van der Waals surface area (Å²) in [5, 5.41) is 31.4. The highest BCUT2D eigenvalue weighted by molar-refractivity contribution is 5.37. The van der Waals surface area contributed by atoms with Gasteiger partial charge in [0.1, 0.15) is 5.82 Å². The maximum atomic E-state index is 13.4. The topological polar surface area (TPSA) is 95.6 Å². The highest BCUT2D eigenvalue weighted by atomic mass is 19.1. The summed E-state index contributed by atoms with van der Waals surface area (Å²) < 4.78 is 26.5. The van der Waals surface area contributed by atoms with E-state index in [0.29, 0.717) is 6.07 Å². The predicted octanol–water partition coefficient (Wildman–Crippen LogP) is 0.706. The van der Waals surface area contributed by atoms with E-state index in [1.807, 2.05) is 0 Å². The fourth-order valence-corrected chi connectivity index (χ4v) is 1.38. The summed E-state index contributed by atoms with van der Waals surface area (Å²) in [7, 11) is 0. The Bertz CT molecular complexity index is 480. The van der Waals surface area contributed by atoms with E-state index >= 15 is 0 Å². The molecule has 3 N–H and O–H groups in total. The van der Waals surface area contributed by atoms with E-state index in [9.17, 15) is 24.0 Å². The molecule has 106 valence electrons. The van der Waals surface area contributed by atoms with Gasteiger partial charge in [0.25, 0.3) is 0 Å². The van der Waals surface area contributed by atoms with E-state index in [4.69, 9.17) is 5.11 Å². The molecule has 0 spiro atoms. The van der Waals surface area contributed by atoms with Crippen molar-refractivity contribution in [2.24, 2.45) is 0 Å². The van der Waals surface area contributed by atoms with Gasteiger partial charge in [-0.1, -0.05) is 0 Å². The summed E-state index contributed by atoms with van der Waals surface area (Å²) >= 11 is 0. The van der Waals surface area contributed by atoms with Crippen LogP contribution in [0.4, 0.5) is 14.5 Å². The van der Waals surface area contributed by atoms with Gasteiger partial charge in [-0.25, -0.2) is 4.39 Å². The Labute approximate surface area is 107 Å². The summed E-state index contributed by atoms with van der Waals surface area (Å²) in [5.41, 5.74) is -2.29. The number of nitro benzene ring substituents is 1. The van der Waals surface area contributed by atoms with Crippen LogP contribution in [-0.4, -0.2) is 33.9 Å². The van der Waals surface area contributed by atoms with Gasteiger partial charge in [-0.3, -0.25) is 10.1 Å². The van der Waals surface area contributed by atoms with Crippen molar-refractivity contribution >= 4 is 5.69 Å². The fourth-order valence-electron chi connectivity index (χ4n) is 1.38. The van der Waals surface area contributed by atoms with Crippen molar-refractivity contribution in [2.45, 2.75) is 19.1 Å². The molecule has 0 aliphatic rings. The van der Waals surface area contributed by atoms with Crippen molar-refractivity contribution < 1.29 is 23.9 Å². The number of aliphatic hydroxyl groups excluding tert-OH is 1. The first-order chi connectivity index (χ1) is 8.76. The van der Waals surface area contributed by atoms with Gasteiger partial charge in [-0.15, -0.1) is 0 Å². The highest BCUT2D eigenvalue weighted by Gasteiger charge is 2.20. The zero-order chi connectivity index (χ0) is 14.6. The maximum Gasteiger partial charge on any atom is 0.305 e. The van der Waals surface area contributed by atoms with E-state index in [-0.39, 0.29) is 18.7 Å². The first kappa shape index (κ1) is 15.4. The molecule has 0 fully saturated rings. The molecule has 0 amide bonds. The monoisotopic (exact) mass is 276 g/mol. The summed E-state index contributed by atoms with van der Waals surface area (Å²) in [4.78, 5) is 9.57. The smallest absolute Gasteiger partial charge is 0.305 e. The van der Waals surface area contributed by atoms with Gasteiger partial charge in [0.2, 0.25) is 5.82 Å². The molecule has 1 aromatic rings. The lowest BCUT2D eigenvalue weighted by atomic mass is 10.1. The molecule has 0 aromatic heterocycles. The van der Waals surface area contributed by atoms with Gasteiger partial charge in [0.05, 0.1) is 17.1 Å². The van der Waals surface area contributed by atoms with Crippen LogP contribution in [0.3, 0.4) is 0 Å². The van der Waals surface area contributed by atoms with E-state index in [1.165, 1.54) is 6.92 Å². The number of benzene rings is 1. The van der Waals surface area contributed by atoms with Gasteiger partial charge in [-0.05, 0) is 6.92 Å². The van der Waals surface area contributed by atoms with Crippen LogP contribution in [0.15, 0.2) is 12.1 Å². The lowest BCUT2D eigenvalue weighted by Crippen LogP contribution is -2.40. The van der Waals surface area contributed by atoms with Gasteiger partial charge in [0.15, 0.2) is 0 Å². The Kier molecular flexibility index (Phi) is 4.87. The first-order valence-corrected chi connectivity index (χ1v) is 5.43. The third-order valence-electron chi connectivity index (χ3n) is 2.47. The molecule has 1 unspecified atom stereocenters. The molecule has 0 aliphatic carbocycles. The number of rotatable bonds is 6. The molecule has 19 heavy (non-hydrogen) atoms. The summed E-state index contributed by atoms with van der Waals surface area (Å²) in [5.74, 6) is -2.16. The molecule has 6 nitrogen and oxygen atoms in total. The number of nitrogens with one attached hydrogen (secondary N) is 1. The van der Waals surface area contributed by atoms with Gasteiger partial charge in [0, 0.05) is 30.8 Å². The summed E-state index contributed by atoms with van der Waals surface area (Å²) in [6.07, 6.45) is 0. The van der Waals surface area contributed by atoms with Gasteiger partial charge in [-0.2, -0.15) is 4.39 Å². The number of nitro groups is 1. The number of aliphatic hydroxyl groups is 2. The second-order valence-corrected chi connectivity index (χ2v) is 4.41. The van der Waals surface area contributed by atoms with E-state index in [2.05, 4.69) is 5.32 Å². The first-order valence-electron chi connectivity index (χ1n) is 5.43. The third kappa shape index (κ3) is 4.19. The largest absolute Gasteiger partial charge is 0.393 e. The highest BCUT2D eigenvalue weighted by Crippen LogP contribution is 2.21. The molecular weight excluding hydrogens is 262 g/mol. The Hall–Kier alpha value is -1.64. The molecule has 0 radical (unpaired) electrons. The average molecular weight is 276 g/mol.